The maximum absolute atomic E-state index is 12.3. The average Bonchev–Trinajstić information content (AvgIpc) is 3.16. The molecule has 0 fully saturated rings. The van der Waals surface area contributed by atoms with E-state index in [1.165, 1.54) is 0 Å². The number of H-pyrrole nitrogens is 1. The number of ether oxygens (including phenoxy) is 1. The number of carbonyl (C=O) groups is 2. The average molecular weight is 386 g/mol. The van der Waals surface area contributed by atoms with Gasteiger partial charge in [0.25, 0.3) is 5.91 Å². The molecule has 0 radical (unpaired) electrons. The van der Waals surface area contributed by atoms with Crippen LogP contribution in [0.15, 0.2) is 66.7 Å². The summed E-state index contributed by atoms with van der Waals surface area (Å²) >= 11 is 0. The Hall–Kier alpha value is -4.00. The largest absolute Gasteiger partial charge is 0.452 e. The summed E-state index contributed by atoms with van der Waals surface area (Å²) in [6.07, 6.45) is 0. The van der Waals surface area contributed by atoms with Gasteiger partial charge in [0, 0.05) is 11.3 Å². The van der Waals surface area contributed by atoms with Crippen LogP contribution in [-0.2, 0) is 9.53 Å². The number of amides is 1. The molecule has 0 aliphatic heterocycles. The number of aromatic amines is 1. The van der Waals surface area contributed by atoms with Crippen LogP contribution in [0.2, 0.25) is 0 Å². The number of rotatable bonds is 5. The van der Waals surface area contributed by atoms with Crippen LogP contribution < -0.4 is 5.32 Å². The van der Waals surface area contributed by atoms with E-state index in [0.29, 0.717) is 16.9 Å². The highest BCUT2D eigenvalue weighted by atomic mass is 16.5. The molecule has 2 N–H and O–H groups in total. The van der Waals surface area contributed by atoms with Crippen molar-refractivity contribution in [1.29, 1.82) is 0 Å². The summed E-state index contributed by atoms with van der Waals surface area (Å²) in [5, 5.41) is 2.60. The smallest absolute Gasteiger partial charge is 0.338 e. The highest BCUT2D eigenvalue weighted by Gasteiger charge is 2.13. The van der Waals surface area contributed by atoms with Gasteiger partial charge in [-0.1, -0.05) is 36.4 Å². The standard InChI is InChI=1S/C22H18N4O3/c1-14-6-5-9-19(23-14)26-20(27)13-29-22(28)16-10-11-17-18(12-16)25-21(24-17)15-7-3-2-4-8-15/h2-12H,13H2,1H3,(H,24,25)(H,23,26,27). The van der Waals surface area contributed by atoms with Gasteiger partial charge < -0.3 is 15.0 Å². The van der Waals surface area contributed by atoms with Crippen molar-refractivity contribution in [3.05, 3.63) is 78.0 Å². The fourth-order valence-electron chi connectivity index (χ4n) is 2.88. The molecule has 2 aromatic heterocycles. The molecule has 0 spiro atoms. The minimum atomic E-state index is -0.588. The van der Waals surface area contributed by atoms with E-state index in [1.807, 2.05) is 43.3 Å². The molecule has 0 aliphatic carbocycles. The molecule has 0 unspecified atom stereocenters. The first kappa shape index (κ1) is 18.4. The summed E-state index contributed by atoms with van der Waals surface area (Å²) in [5.41, 5.74) is 3.52. The Morgan fingerprint density at radius 1 is 1.00 bits per heavy atom. The number of aryl methyl sites for hydroxylation is 1. The first-order chi connectivity index (χ1) is 14.1. The van der Waals surface area contributed by atoms with Crippen LogP contribution >= 0.6 is 0 Å². The minimum absolute atomic E-state index is 0.335. The van der Waals surface area contributed by atoms with E-state index < -0.39 is 18.5 Å². The van der Waals surface area contributed by atoms with E-state index >= 15 is 0 Å². The first-order valence-corrected chi connectivity index (χ1v) is 9.04. The van der Waals surface area contributed by atoms with Gasteiger partial charge in [-0.15, -0.1) is 0 Å². The Bertz CT molecular complexity index is 1190. The molecule has 4 rings (SSSR count). The predicted octanol–water partition coefficient (Wildman–Crippen LogP) is 3.73. The van der Waals surface area contributed by atoms with E-state index in [4.69, 9.17) is 4.74 Å². The molecule has 0 aliphatic rings. The zero-order valence-electron chi connectivity index (χ0n) is 15.7. The van der Waals surface area contributed by atoms with E-state index in [-0.39, 0.29) is 0 Å². The maximum atomic E-state index is 12.3. The van der Waals surface area contributed by atoms with Gasteiger partial charge in [-0.3, -0.25) is 4.79 Å². The Balaban J connectivity index is 1.42. The van der Waals surface area contributed by atoms with Crippen molar-refractivity contribution in [3.63, 3.8) is 0 Å². The summed E-state index contributed by atoms with van der Waals surface area (Å²) in [4.78, 5) is 36.2. The lowest BCUT2D eigenvalue weighted by Crippen LogP contribution is -2.21. The number of hydrogen-bond acceptors (Lipinski definition) is 5. The van der Waals surface area contributed by atoms with Crippen molar-refractivity contribution >= 4 is 28.7 Å². The topological polar surface area (TPSA) is 97.0 Å². The van der Waals surface area contributed by atoms with Crippen LogP contribution in [0.25, 0.3) is 22.4 Å². The Morgan fingerprint density at radius 3 is 2.62 bits per heavy atom. The van der Waals surface area contributed by atoms with Crippen LogP contribution in [0, 0.1) is 6.92 Å². The normalized spacial score (nSPS) is 10.7. The molecular formula is C22H18N4O3. The summed E-state index contributed by atoms with van der Waals surface area (Å²) < 4.78 is 5.12. The molecule has 2 heterocycles. The van der Waals surface area contributed by atoms with E-state index in [2.05, 4.69) is 20.3 Å². The number of benzene rings is 2. The molecule has 0 bridgehead atoms. The highest BCUT2D eigenvalue weighted by molar-refractivity contribution is 5.97. The van der Waals surface area contributed by atoms with Gasteiger partial charge in [-0.2, -0.15) is 0 Å². The van der Waals surface area contributed by atoms with Crippen molar-refractivity contribution in [2.45, 2.75) is 6.92 Å². The Morgan fingerprint density at radius 2 is 1.83 bits per heavy atom. The minimum Gasteiger partial charge on any atom is -0.452 e. The molecule has 2 aromatic carbocycles. The second kappa shape index (κ2) is 7.93. The molecule has 0 saturated carbocycles. The van der Waals surface area contributed by atoms with Gasteiger partial charge in [0.05, 0.1) is 16.6 Å². The molecule has 0 atom stereocenters. The fourth-order valence-corrected chi connectivity index (χ4v) is 2.88. The number of pyridine rings is 1. The van der Waals surface area contributed by atoms with E-state index in [1.54, 1.807) is 30.3 Å². The van der Waals surface area contributed by atoms with Crippen molar-refractivity contribution < 1.29 is 14.3 Å². The van der Waals surface area contributed by atoms with Crippen molar-refractivity contribution in [2.24, 2.45) is 0 Å². The number of hydrogen-bond donors (Lipinski definition) is 2. The third kappa shape index (κ3) is 4.30. The molecule has 7 nitrogen and oxygen atoms in total. The van der Waals surface area contributed by atoms with Gasteiger partial charge in [-0.05, 0) is 37.3 Å². The van der Waals surface area contributed by atoms with E-state index in [0.717, 1.165) is 22.6 Å². The van der Waals surface area contributed by atoms with Gasteiger partial charge in [0.1, 0.15) is 11.6 Å². The number of nitrogens with one attached hydrogen (secondary N) is 2. The van der Waals surface area contributed by atoms with Gasteiger partial charge >= 0.3 is 5.97 Å². The quantitative estimate of drug-likeness (QED) is 0.510. The van der Waals surface area contributed by atoms with Crippen molar-refractivity contribution in [3.8, 4) is 11.4 Å². The maximum Gasteiger partial charge on any atom is 0.338 e. The monoisotopic (exact) mass is 386 g/mol. The number of carbonyl (C=O) groups excluding carboxylic acids is 2. The molecular weight excluding hydrogens is 368 g/mol. The van der Waals surface area contributed by atoms with Crippen molar-refractivity contribution in [1.82, 2.24) is 15.0 Å². The van der Waals surface area contributed by atoms with Crippen LogP contribution in [0.5, 0.6) is 0 Å². The molecule has 4 aromatic rings. The van der Waals surface area contributed by atoms with Crippen LogP contribution in [0.1, 0.15) is 16.1 Å². The van der Waals surface area contributed by atoms with Crippen LogP contribution in [0.3, 0.4) is 0 Å². The van der Waals surface area contributed by atoms with Crippen LogP contribution in [-0.4, -0.2) is 33.4 Å². The van der Waals surface area contributed by atoms with Gasteiger partial charge in [-0.25, -0.2) is 14.8 Å². The molecule has 0 saturated heterocycles. The molecule has 144 valence electrons. The third-order valence-electron chi connectivity index (χ3n) is 4.25. The zero-order chi connectivity index (χ0) is 20.2. The lowest BCUT2D eigenvalue weighted by Gasteiger charge is -2.06. The summed E-state index contributed by atoms with van der Waals surface area (Å²) in [5.74, 6) is 0.0927. The van der Waals surface area contributed by atoms with Crippen molar-refractivity contribution in [2.75, 3.05) is 11.9 Å². The number of imidazole rings is 1. The summed E-state index contributed by atoms with van der Waals surface area (Å²) in [6, 6.07) is 20.0. The van der Waals surface area contributed by atoms with Crippen LogP contribution in [0.4, 0.5) is 5.82 Å². The lowest BCUT2D eigenvalue weighted by molar-refractivity contribution is -0.119. The SMILES string of the molecule is Cc1cccc(NC(=O)COC(=O)c2ccc3nc(-c4ccccc4)[nH]c3c2)n1. The molecule has 7 heteroatoms. The number of aromatic nitrogens is 3. The third-order valence-corrected chi connectivity index (χ3v) is 4.25. The number of anilines is 1. The van der Waals surface area contributed by atoms with E-state index in [9.17, 15) is 9.59 Å². The zero-order valence-corrected chi connectivity index (χ0v) is 15.7. The first-order valence-electron chi connectivity index (χ1n) is 9.04. The second-order valence-electron chi connectivity index (χ2n) is 6.47. The number of fused-ring (bicyclic) bond motifs is 1. The summed E-state index contributed by atoms with van der Waals surface area (Å²) in [7, 11) is 0. The molecule has 1 amide bonds. The van der Waals surface area contributed by atoms with Gasteiger partial charge in [0.15, 0.2) is 6.61 Å². The fraction of sp³-hybridized carbons (Fsp3) is 0.0909. The highest BCUT2D eigenvalue weighted by Crippen LogP contribution is 2.21. The number of esters is 1. The predicted molar refractivity (Wildman–Crippen MR) is 109 cm³/mol. The lowest BCUT2D eigenvalue weighted by atomic mass is 10.2. The van der Waals surface area contributed by atoms with Gasteiger partial charge in [0.2, 0.25) is 0 Å². The Kier molecular flexibility index (Phi) is 5.03. The molecule has 29 heavy (non-hydrogen) atoms. The second-order valence-corrected chi connectivity index (χ2v) is 6.47. The summed E-state index contributed by atoms with van der Waals surface area (Å²) in [6.45, 7) is 1.43. The Labute approximate surface area is 166 Å². The number of nitrogens with zero attached hydrogens (tertiary/aromatic N) is 2.